The lowest BCUT2D eigenvalue weighted by Gasteiger charge is -2.57. The van der Waals surface area contributed by atoms with Crippen LogP contribution in [0.4, 0.5) is 0 Å². The Bertz CT molecular complexity index is 644. The van der Waals surface area contributed by atoms with Gasteiger partial charge in [-0.05, 0) is 73.3 Å². The molecule has 130 valence electrons. The van der Waals surface area contributed by atoms with Gasteiger partial charge >= 0.3 is 0 Å². The third-order valence-electron chi connectivity index (χ3n) is 8.20. The van der Waals surface area contributed by atoms with E-state index in [-0.39, 0.29) is 17.1 Å². The zero-order valence-corrected chi connectivity index (χ0v) is 14.7. The molecule has 1 unspecified atom stereocenters. The van der Waals surface area contributed by atoms with Crippen molar-refractivity contribution >= 4 is 5.78 Å². The van der Waals surface area contributed by atoms with Crippen LogP contribution in [0.2, 0.25) is 0 Å². The number of carbonyl (C=O) groups is 1. The van der Waals surface area contributed by atoms with Gasteiger partial charge in [0.05, 0.1) is 6.10 Å². The Hall–Kier alpha value is -1.11. The predicted octanol–water partition coefficient (Wildman–Crippen LogP) is 2.71. The molecule has 0 aromatic carbocycles. The number of hydrogen-bond donors (Lipinski definition) is 2. The van der Waals surface area contributed by atoms with E-state index in [2.05, 4.69) is 19.8 Å². The monoisotopic (exact) mass is 328 g/mol. The van der Waals surface area contributed by atoms with Crippen LogP contribution in [0.1, 0.15) is 52.4 Å². The van der Waals surface area contributed by atoms with Gasteiger partial charge in [-0.15, -0.1) is 6.42 Å². The largest absolute Gasteiger partial charge is 0.388 e. The number of hydrogen-bond acceptors (Lipinski definition) is 3. The van der Waals surface area contributed by atoms with Crippen LogP contribution in [-0.4, -0.2) is 27.7 Å². The fraction of sp³-hybridized carbons (Fsp3) is 0.762. The molecule has 2 N–H and O–H groups in total. The fourth-order valence-electron chi connectivity index (χ4n) is 6.81. The molecule has 0 aromatic rings. The van der Waals surface area contributed by atoms with E-state index in [1.54, 1.807) is 6.08 Å². The van der Waals surface area contributed by atoms with Gasteiger partial charge in [-0.1, -0.05) is 19.8 Å². The molecule has 3 heteroatoms. The normalized spacial score (nSPS) is 53.5. The van der Waals surface area contributed by atoms with Crippen LogP contribution in [0.25, 0.3) is 0 Å². The van der Waals surface area contributed by atoms with E-state index in [0.29, 0.717) is 36.5 Å². The summed E-state index contributed by atoms with van der Waals surface area (Å²) in [4.78, 5) is 11.8. The molecule has 4 aliphatic carbocycles. The standard InChI is InChI=1S/C21H28O3/c1-4-21(24)10-8-17-18-12(2)19(23)16-11-13(22)5-6-14(16)15(18)7-9-20(17,21)3/h1,11-12,14-15,17-19,23-24H,5-10H2,2-3H3/t12-,14?,15+,17-,18+,19-,20-,21-/m0/s1. The van der Waals surface area contributed by atoms with Crippen molar-refractivity contribution in [3.8, 4) is 12.3 Å². The van der Waals surface area contributed by atoms with E-state index in [4.69, 9.17) is 6.42 Å². The maximum absolute atomic E-state index is 11.8. The third kappa shape index (κ3) is 1.90. The number of aliphatic hydroxyl groups is 2. The topological polar surface area (TPSA) is 57.5 Å². The highest BCUT2D eigenvalue weighted by molar-refractivity contribution is 5.91. The molecule has 0 amide bonds. The van der Waals surface area contributed by atoms with E-state index in [9.17, 15) is 15.0 Å². The van der Waals surface area contributed by atoms with Gasteiger partial charge in [-0.25, -0.2) is 0 Å². The molecule has 24 heavy (non-hydrogen) atoms. The summed E-state index contributed by atoms with van der Waals surface area (Å²) in [6, 6.07) is 0. The lowest BCUT2D eigenvalue weighted by atomic mass is 9.48. The van der Waals surface area contributed by atoms with Crippen molar-refractivity contribution in [1.29, 1.82) is 0 Å². The maximum atomic E-state index is 11.8. The van der Waals surface area contributed by atoms with Gasteiger partial charge in [0.1, 0.15) is 5.60 Å². The van der Waals surface area contributed by atoms with Gasteiger partial charge in [-0.2, -0.15) is 0 Å². The van der Waals surface area contributed by atoms with Gasteiger partial charge in [0.2, 0.25) is 0 Å². The van der Waals surface area contributed by atoms with Crippen molar-refractivity contribution in [3.05, 3.63) is 11.6 Å². The second-order valence-electron chi connectivity index (χ2n) is 8.91. The van der Waals surface area contributed by atoms with Gasteiger partial charge in [0, 0.05) is 11.8 Å². The average molecular weight is 328 g/mol. The summed E-state index contributed by atoms with van der Waals surface area (Å²) in [5.41, 5.74) is -0.275. The molecule has 8 atom stereocenters. The first-order valence-electron chi connectivity index (χ1n) is 9.45. The SMILES string of the molecule is C#C[C@]1(O)CC[C@H]2[C@@H]3[C@H](C)[C@H](O)C4=CC(=O)CCC4[C@H]3CC[C@@]21C. The number of carbonyl (C=O) groups excluding carboxylic acids is 1. The molecular formula is C21H28O3. The number of rotatable bonds is 0. The van der Waals surface area contributed by atoms with Crippen molar-refractivity contribution < 1.29 is 15.0 Å². The van der Waals surface area contributed by atoms with Crippen LogP contribution < -0.4 is 0 Å². The van der Waals surface area contributed by atoms with E-state index < -0.39 is 11.7 Å². The number of ketones is 1. The van der Waals surface area contributed by atoms with Crippen LogP contribution in [-0.2, 0) is 4.79 Å². The van der Waals surface area contributed by atoms with E-state index in [1.165, 1.54) is 0 Å². The highest BCUT2D eigenvalue weighted by atomic mass is 16.3. The molecule has 0 bridgehead atoms. The zero-order chi connectivity index (χ0) is 17.3. The Kier molecular flexibility index (Phi) is 3.54. The lowest BCUT2D eigenvalue weighted by molar-refractivity contribution is -0.123. The molecule has 3 nitrogen and oxygen atoms in total. The van der Waals surface area contributed by atoms with Crippen LogP contribution >= 0.6 is 0 Å². The molecule has 0 radical (unpaired) electrons. The van der Waals surface area contributed by atoms with Crippen molar-refractivity contribution in [2.75, 3.05) is 0 Å². The smallest absolute Gasteiger partial charge is 0.155 e. The first-order valence-corrected chi connectivity index (χ1v) is 9.45. The number of aliphatic hydroxyl groups excluding tert-OH is 1. The lowest BCUT2D eigenvalue weighted by Crippen LogP contribution is -2.56. The average Bonchev–Trinajstić information content (AvgIpc) is 2.84. The molecule has 0 aliphatic heterocycles. The quantitative estimate of drug-likeness (QED) is 0.672. The van der Waals surface area contributed by atoms with Crippen molar-refractivity contribution in [2.45, 2.75) is 64.1 Å². The highest BCUT2D eigenvalue weighted by Crippen LogP contribution is 2.65. The maximum Gasteiger partial charge on any atom is 0.155 e. The Labute approximate surface area is 144 Å². The number of terminal acetylenes is 1. The van der Waals surface area contributed by atoms with Gasteiger partial charge in [-0.3, -0.25) is 4.79 Å². The molecule has 0 saturated heterocycles. The molecule has 0 aromatic heterocycles. The molecule has 4 rings (SSSR count). The number of fused-ring (bicyclic) bond motifs is 5. The van der Waals surface area contributed by atoms with Crippen LogP contribution in [0.5, 0.6) is 0 Å². The Balaban J connectivity index is 1.74. The van der Waals surface area contributed by atoms with E-state index >= 15 is 0 Å². The summed E-state index contributed by atoms with van der Waals surface area (Å²) >= 11 is 0. The minimum absolute atomic E-state index is 0.119. The first kappa shape index (κ1) is 16.4. The zero-order valence-electron chi connectivity index (χ0n) is 14.7. The van der Waals surface area contributed by atoms with E-state index in [0.717, 1.165) is 31.3 Å². The molecule has 0 spiro atoms. The van der Waals surface area contributed by atoms with Gasteiger partial charge in [0.25, 0.3) is 0 Å². The van der Waals surface area contributed by atoms with Crippen LogP contribution in [0.3, 0.4) is 0 Å². The summed E-state index contributed by atoms with van der Waals surface area (Å²) < 4.78 is 0. The molecule has 3 fully saturated rings. The van der Waals surface area contributed by atoms with Crippen LogP contribution in [0.15, 0.2) is 11.6 Å². The molecular weight excluding hydrogens is 300 g/mol. The fourth-order valence-corrected chi connectivity index (χ4v) is 6.81. The summed E-state index contributed by atoms with van der Waals surface area (Å²) in [6.45, 7) is 4.28. The van der Waals surface area contributed by atoms with Crippen molar-refractivity contribution in [1.82, 2.24) is 0 Å². The summed E-state index contributed by atoms with van der Waals surface area (Å²) in [5.74, 6) is 4.58. The minimum Gasteiger partial charge on any atom is -0.388 e. The first-order chi connectivity index (χ1) is 11.3. The Morgan fingerprint density at radius 3 is 2.75 bits per heavy atom. The second kappa shape index (κ2) is 5.19. The minimum atomic E-state index is -1.01. The van der Waals surface area contributed by atoms with Gasteiger partial charge in [0.15, 0.2) is 5.78 Å². The highest BCUT2D eigenvalue weighted by Gasteiger charge is 2.64. The summed E-state index contributed by atoms with van der Waals surface area (Å²) in [7, 11) is 0. The van der Waals surface area contributed by atoms with E-state index in [1.807, 2.05) is 0 Å². The Morgan fingerprint density at radius 1 is 1.29 bits per heavy atom. The summed E-state index contributed by atoms with van der Waals surface area (Å²) in [5, 5.41) is 21.9. The third-order valence-corrected chi connectivity index (χ3v) is 8.20. The molecule has 0 heterocycles. The molecule has 4 aliphatic rings. The second-order valence-corrected chi connectivity index (χ2v) is 8.91. The Morgan fingerprint density at radius 2 is 2.04 bits per heavy atom. The van der Waals surface area contributed by atoms with Crippen LogP contribution in [0, 0.1) is 47.3 Å². The van der Waals surface area contributed by atoms with Crippen molar-refractivity contribution in [3.63, 3.8) is 0 Å². The van der Waals surface area contributed by atoms with Gasteiger partial charge < -0.3 is 10.2 Å². The predicted molar refractivity (Wildman–Crippen MR) is 91.8 cm³/mol. The summed E-state index contributed by atoms with van der Waals surface area (Å²) in [6.07, 6.45) is 12.0. The molecule has 3 saturated carbocycles. The van der Waals surface area contributed by atoms with Crippen molar-refractivity contribution in [2.24, 2.45) is 35.0 Å².